The number of hydrogen-bond donors (Lipinski definition) is 2. The minimum absolute atomic E-state index is 0.00619. The number of carbonyl (C=O) groups is 1. The van der Waals surface area contributed by atoms with Gasteiger partial charge in [0.2, 0.25) is 0 Å². The largest absolute Gasteiger partial charge is 0.493 e. The van der Waals surface area contributed by atoms with Crippen LogP contribution in [0, 0.1) is 18.8 Å². The molecule has 0 aromatic heterocycles. The van der Waals surface area contributed by atoms with Crippen LogP contribution < -0.4 is 4.74 Å². The van der Waals surface area contributed by atoms with Crippen molar-refractivity contribution in [3.63, 3.8) is 0 Å². The standard InChI is InChI=1S/C20H27ClO4/c1-14-7-6-8-15(11-14)25-13-17-16(18(21)12-19(17)22)9-4-2-3-5-10-20(23)24/h2,4,6-8,11,16-19,22H,3,5,9-10,12-13H2,1H3,(H,23,24)/t16-,17-,18?,19-/m1/s1. The van der Waals surface area contributed by atoms with E-state index in [9.17, 15) is 9.90 Å². The van der Waals surface area contributed by atoms with Crippen LogP contribution in [0.2, 0.25) is 0 Å². The molecule has 1 fully saturated rings. The van der Waals surface area contributed by atoms with Gasteiger partial charge in [-0.05, 0) is 56.2 Å². The van der Waals surface area contributed by atoms with E-state index in [1.165, 1.54) is 0 Å². The van der Waals surface area contributed by atoms with E-state index in [2.05, 4.69) is 6.08 Å². The van der Waals surface area contributed by atoms with Gasteiger partial charge in [-0.1, -0.05) is 24.3 Å². The van der Waals surface area contributed by atoms with Crippen molar-refractivity contribution in [2.75, 3.05) is 6.61 Å². The lowest BCUT2D eigenvalue weighted by atomic mass is 9.92. The molecule has 2 rings (SSSR count). The fraction of sp³-hybridized carbons (Fsp3) is 0.550. The number of aliphatic carboxylic acids is 1. The van der Waals surface area contributed by atoms with Crippen LogP contribution in [0.15, 0.2) is 36.4 Å². The second kappa shape index (κ2) is 9.83. The average molecular weight is 367 g/mol. The molecule has 138 valence electrons. The number of aryl methyl sites for hydroxylation is 1. The van der Waals surface area contributed by atoms with E-state index >= 15 is 0 Å². The molecule has 1 unspecified atom stereocenters. The quantitative estimate of drug-likeness (QED) is 0.391. The summed E-state index contributed by atoms with van der Waals surface area (Å²) in [5, 5.41) is 18.9. The first kappa shape index (κ1) is 19.8. The number of benzene rings is 1. The Hall–Kier alpha value is -1.52. The van der Waals surface area contributed by atoms with Crippen molar-refractivity contribution in [2.24, 2.45) is 11.8 Å². The molecular formula is C20H27ClO4. The number of alkyl halides is 1. The highest BCUT2D eigenvalue weighted by Crippen LogP contribution is 2.39. The summed E-state index contributed by atoms with van der Waals surface area (Å²) in [6, 6.07) is 7.88. The number of aliphatic hydroxyl groups excluding tert-OH is 1. The van der Waals surface area contributed by atoms with Crippen LogP contribution in [0.3, 0.4) is 0 Å². The van der Waals surface area contributed by atoms with E-state index in [1.54, 1.807) is 0 Å². The number of unbranched alkanes of at least 4 members (excludes halogenated alkanes) is 1. The maximum Gasteiger partial charge on any atom is 0.303 e. The van der Waals surface area contributed by atoms with Crippen molar-refractivity contribution in [3.05, 3.63) is 42.0 Å². The summed E-state index contributed by atoms with van der Waals surface area (Å²) in [5.41, 5.74) is 1.14. The fourth-order valence-electron chi connectivity index (χ4n) is 3.33. The van der Waals surface area contributed by atoms with Gasteiger partial charge in [0.25, 0.3) is 0 Å². The number of hydrogen-bond acceptors (Lipinski definition) is 3. The second-order valence-electron chi connectivity index (χ2n) is 6.77. The highest BCUT2D eigenvalue weighted by atomic mass is 35.5. The summed E-state index contributed by atoms with van der Waals surface area (Å²) < 4.78 is 5.88. The molecule has 0 bridgehead atoms. The third-order valence-electron chi connectivity index (χ3n) is 4.74. The van der Waals surface area contributed by atoms with Crippen molar-refractivity contribution >= 4 is 17.6 Å². The molecule has 0 saturated heterocycles. The molecule has 1 aromatic rings. The third kappa shape index (κ3) is 6.37. The molecule has 0 aliphatic heterocycles. The zero-order chi connectivity index (χ0) is 18.2. The van der Waals surface area contributed by atoms with Crippen LogP contribution >= 0.6 is 11.6 Å². The van der Waals surface area contributed by atoms with E-state index < -0.39 is 12.1 Å². The van der Waals surface area contributed by atoms with Gasteiger partial charge in [0.1, 0.15) is 5.75 Å². The molecule has 1 saturated carbocycles. The van der Waals surface area contributed by atoms with Gasteiger partial charge in [-0.15, -0.1) is 11.6 Å². The van der Waals surface area contributed by atoms with Crippen LogP contribution in [-0.4, -0.2) is 34.3 Å². The van der Waals surface area contributed by atoms with Crippen molar-refractivity contribution in [3.8, 4) is 5.75 Å². The van der Waals surface area contributed by atoms with E-state index in [0.29, 0.717) is 19.4 Å². The minimum atomic E-state index is -0.763. The van der Waals surface area contributed by atoms with Crippen LogP contribution in [0.1, 0.15) is 37.7 Å². The molecule has 4 atom stereocenters. The minimum Gasteiger partial charge on any atom is -0.493 e. The molecule has 4 nitrogen and oxygen atoms in total. The van der Waals surface area contributed by atoms with Gasteiger partial charge >= 0.3 is 5.97 Å². The summed E-state index contributed by atoms with van der Waals surface area (Å²) in [4.78, 5) is 10.5. The van der Waals surface area contributed by atoms with Gasteiger partial charge in [0.15, 0.2) is 0 Å². The van der Waals surface area contributed by atoms with Crippen LogP contribution in [0.25, 0.3) is 0 Å². The first-order valence-electron chi connectivity index (χ1n) is 8.85. The van der Waals surface area contributed by atoms with E-state index in [-0.39, 0.29) is 23.6 Å². The molecule has 1 aromatic carbocycles. The van der Waals surface area contributed by atoms with Crippen molar-refractivity contribution in [2.45, 2.75) is 50.5 Å². The number of carboxylic acids is 1. The lowest BCUT2D eigenvalue weighted by Crippen LogP contribution is -2.27. The maximum atomic E-state index is 10.5. The van der Waals surface area contributed by atoms with Gasteiger partial charge in [-0.2, -0.15) is 0 Å². The molecule has 25 heavy (non-hydrogen) atoms. The number of carboxylic acid groups (broad SMARTS) is 1. The molecule has 2 N–H and O–H groups in total. The van der Waals surface area contributed by atoms with Crippen molar-refractivity contribution in [1.82, 2.24) is 0 Å². The summed E-state index contributed by atoms with van der Waals surface area (Å²) in [6.45, 7) is 2.47. The number of ether oxygens (including phenoxy) is 1. The predicted octanol–water partition coefficient (Wildman–Crippen LogP) is 4.18. The van der Waals surface area contributed by atoms with Gasteiger partial charge < -0.3 is 14.9 Å². The Morgan fingerprint density at radius 1 is 1.36 bits per heavy atom. The smallest absolute Gasteiger partial charge is 0.303 e. The number of allylic oxidation sites excluding steroid dienone is 2. The zero-order valence-corrected chi connectivity index (χ0v) is 15.4. The summed E-state index contributed by atoms with van der Waals surface area (Å²) in [7, 11) is 0. The molecular weight excluding hydrogens is 340 g/mol. The van der Waals surface area contributed by atoms with Crippen LogP contribution in [0.5, 0.6) is 5.75 Å². The highest BCUT2D eigenvalue weighted by molar-refractivity contribution is 6.21. The van der Waals surface area contributed by atoms with E-state index in [1.807, 2.05) is 37.3 Å². The Balaban J connectivity index is 1.84. The molecule has 1 aliphatic rings. The highest BCUT2D eigenvalue weighted by Gasteiger charge is 2.41. The van der Waals surface area contributed by atoms with Gasteiger partial charge in [-0.25, -0.2) is 0 Å². The number of halogens is 1. The molecule has 1 aliphatic carbocycles. The Labute approximate surface area is 154 Å². The fourth-order valence-corrected chi connectivity index (χ4v) is 3.80. The maximum absolute atomic E-state index is 10.5. The predicted molar refractivity (Wildman–Crippen MR) is 99.2 cm³/mol. The molecule has 0 amide bonds. The Morgan fingerprint density at radius 3 is 2.88 bits per heavy atom. The normalized spacial score (nSPS) is 26.2. The Kier molecular flexibility index (Phi) is 7.79. The second-order valence-corrected chi connectivity index (χ2v) is 7.33. The monoisotopic (exact) mass is 366 g/mol. The van der Waals surface area contributed by atoms with Gasteiger partial charge in [-0.3, -0.25) is 4.79 Å². The lowest BCUT2D eigenvalue weighted by molar-refractivity contribution is -0.137. The SMILES string of the molecule is Cc1cccc(OC[C@H]2[C@H](O)CC(Cl)[C@@H]2CC=CCCCC(=O)O)c1. The summed E-state index contributed by atoms with van der Waals surface area (Å²) >= 11 is 6.43. The topological polar surface area (TPSA) is 66.8 Å². The molecule has 0 heterocycles. The number of rotatable bonds is 9. The molecule has 5 heteroatoms. The number of aliphatic hydroxyl groups is 1. The summed E-state index contributed by atoms with van der Waals surface area (Å²) in [5.74, 6) is 0.221. The first-order chi connectivity index (χ1) is 12.0. The molecule has 0 spiro atoms. The first-order valence-corrected chi connectivity index (χ1v) is 9.29. The third-order valence-corrected chi connectivity index (χ3v) is 5.25. The van der Waals surface area contributed by atoms with Crippen molar-refractivity contribution < 1.29 is 19.7 Å². The zero-order valence-electron chi connectivity index (χ0n) is 14.6. The lowest BCUT2D eigenvalue weighted by Gasteiger charge is -2.22. The van der Waals surface area contributed by atoms with Crippen LogP contribution in [-0.2, 0) is 4.79 Å². The van der Waals surface area contributed by atoms with Gasteiger partial charge in [0.05, 0.1) is 12.7 Å². The Bertz CT molecular complexity index is 587. The van der Waals surface area contributed by atoms with E-state index in [0.717, 1.165) is 24.2 Å². The van der Waals surface area contributed by atoms with Crippen molar-refractivity contribution in [1.29, 1.82) is 0 Å². The average Bonchev–Trinajstić information content (AvgIpc) is 2.82. The summed E-state index contributed by atoms with van der Waals surface area (Å²) in [6.07, 6.45) is 6.56. The van der Waals surface area contributed by atoms with Gasteiger partial charge in [0, 0.05) is 17.7 Å². The van der Waals surface area contributed by atoms with E-state index in [4.69, 9.17) is 21.4 Å². The molecule has 0 radical (unpaired) electrons. The Morgan fingerprint density at radius 2 is 2.16 bits per heavy atom. The van der Waals surface area contributed by atoms with Crippen LogP contribution in [0.4, 0.5) is 0 Å².